The summed E-state index contributed by atoms with van der Waals surface area (Å²) in [5, 5.41) is 17.5. The van der Waals surface area contributed by atoms with E-state index in [-0.39, 0.29) is 5.82 Å². The van der Waals surface area contributed by atoms with Crippen molar-refractivity contribution in [1.82, 2.24) is 10.3 Å². The molecule has 2 saturated heterocycles. The van der Waals surface area contributed by atoms with Crippen molar-refractivity contribution >= 4 is 11.5 Å². The third kappa shape index (κ3) is 2.28. The number of rotatable bonds is 3. The number of aromatic nitrogens is 1. The van der Waals surface area contributed by atoms with E-state index >= 15 is 0 Å². The molecular weight excluding hydrogens is 232 g/mol. The quantitative estimate of drug-likeness (QED) is 0.628. The number of nitrogens with one attached hydrogen (secondary N) is 2. The summed E-state index contributed by atoms with van der Waals surface area (Å²) in [5.41, 5.74) is 0.868. The predicted molar refractivity (Wildman–Crippen MR) is 67.5 cm³/mol. The van der Waals surface area contributed by atoms with Crippen LogP contribution in [0.15, 0.2) is 18.3 Å². The number of fused-ring (bicyclic) bond motifs is 2. The van der Waals surface area contributed by atoms with Crippen molar-refractivity contribution in [2.24, 2.45) is 0 Å². The largest absolute Gasteiger partial charge is 0.379 e. The highest BCUT2D eigenvalue weighted by molar-refractivity contribution is 5.44. The molecule has 2 bridgehead atoms. The summed E-state index contributed by atoms with van der Waals surface area (Å²) in [6.45, 7) is 0. The molecule has 0 aliphatic carbocycles. The molecule has 1 aromatic heterocycles. The molecule has 0 amide bonds. The van der Waals surface area contributed by atoms with Gasteiger partial charge >= 0.3 is 5.82 Å². The predicted octanol–water partition coefficient (Wildman–Crippen LogP) is 1.68. The van der Waals surface area contributed by atoms with E-state index in [4.69, 9.17) is 0 Å². The molecule has 0 spiro atoms. The zero-order valence-corrected chi connectivity index (χ0v) is 10.0. The van der Waals surface area contributed by atoms with Gasteiger partial charge in [0.2, 0.25) is 0 Å². The molecule has 2 fully saturated rings. The van der Waals surface area contributed by atoms with Crippen LogP contribution in [0.4, 0.5) is 11.5 Å². The molecule has 0 radical (unpaired) electrons. The minimum atomic E-state index is -0.478. The van der Waals surface area contributed by atoms with Crippen molar-refractivity contribution in [2.75, 3.05) is 5.32 Å². The van der Waals surface area contributed by atoms with Gasteiger partial charge in [0.05, 0.1) is 5.69 Å². The Hall–Kier alpha value is -1.69. The van der Waals surface area contributed by atoms with E-state index in [1.807, 2.05) is 0 Å². The summed E-state index contributed by atoms with van der Waals surface area (Å²) in [5.74, 6) is -0.106. The summed E-state index contributed by atoms with van der Waals surface area (Å²) in [6.07, 6.45) is 6.31. The fourth-order valence-corrected chi connectivity index (χ4v) is 2.99. The lowest BCUT2D eigenvalue weighted by atomic mass is 10.00. The molecule has 2 atom stereocenters. The Bertz CT molecular complexity index is 436. The Labute approximate surface area is 105 Å². The minimum Gasteiger partial charge on any atom is -0.379 e. The maximum absolute atomic E-state index is 10.5. The van der Waals surface area contributed by atoms with Gasteiger partial charge in [-0.15, -0.1) is 0 Å². The second kappa shape index (κ2) is 4.53. The molecule has 0 aromatic carbocycles. The van der Waals surface area contributed by atoms with E-state index in [1.165, 1.54) is 18.9 Å². The highest BCUT2D eigenvalue weighted by Crippen LogP contribution is 2.28. The molecule has 2 N–H and O–H groups in total. The summed E-state index contributed by atoms with van der Waals surface area (Å²) in [4.78, 5) is 13.9. The lowest BCUT2D eigenvalue weighted by Gasteiger charge is -2.30. The number of pyridine rings is 1. The first kappa shape index (κ1) is 11.4. The average molecular weight is 248 g/mol. The van der Waals surface area contributed by atoms with Gasteiger partial charge in [0.1, 0.15) is 0 Å². The smallest absolute Gasteiger partial charge is 0.363 e. The van der Waals surface area contributed by atoms with Crippen molar-refractivity contribution in [2.45, 2.75) is 43.8 Å². The van der Waals surface area contributed by atoms with Gasteiger partial charge in [0, 0.05) is 24.2 Å². The highest BCUT2D eigenvalue weighted by atomic mass is 16.6. The van der Waals surface area contributed by atoms with Crippen molar-refractivity contribution in [3.05, 3.63) is 28.4 Å². The maximum atomic E-state index is 10.5. The number of hydrogen-bond acceptors (Lipinski definition) is 5. The highest BCUT2D eigenvalue weighted by Gasteiger charge is 2.33. The van der Waals surface area contributed by atoms with Crippen LogP contribution in [-0.2, 0) is 0 Å². The number of nitro groups is 1. The first-order valence-corrected chi connectivity index (χ1v) is 6.34. The van der Waals surface area contributed by atoms with Gasteiger partial charge in [-0.05, 0) is 41.7 Å². The van der Waals surface area contributed by atoms with E-state index in [2.05, 4.69) is 15.6 Å². The SMILES string of the molecule is O=[N+]([O-])c1ccc(NC2CC3CCC(C2)N3)cn1. The molecule has 6 nitrogen and oxygen atoms in total. The molecule has 3 rings (SSSR count). The summed E-state index contributed by atoms with van der Waals surface area (Å²) < 4.78 is 0. The number of hydrogen-bond donors (Lipinski definition) is 2. The van der Waals surface area contributed by atoms with Gasteiger partial charge in [-0.25, -0.2) is 0 Å². The summed E-state index contributed by atoms with van der Waals surface area (Å²) >= 11 is 0. The van der Waals surface area contributed by atoms with Crippen molar-refractivity contribution in [3.63, 3.8) is 0 Å². The maximum Gasteiger partial charge on any atom is 0.363 e. The van der Waals surface area contributed by atoms with E-state index in [0.717, 1.165) is 18.5 Å². The number of nitrogens with zero attached hydrogens (tertiary/aromatic N) is 2. The van der Waals surface area contributed by atoms with Crippen LogP contribution in [-0.4, -0.2) is 28.0 Å². The lowest BCUT2D eigenvalue weighted by Crippen LogP contribution is -2.43. The molecule has 6 heteroatoms. The average Bonchev–Trinajstić information content (AvgIpc) is 2.69. The van der Waals surface area contributed by atoms with Crippen LogP contribution < -0.4 is 10.6 Å². The lowest BCUT2D eigenvalue weighted by molar-refractivity contribution is -0.389. The third-order valence-corrected chi connectivity index (χ3v) is 3.78. The van der Waals surface area contributed by atoms with E-state index in [0.29, 0.717) is 18.1 Å². The molecule has 0 saturated carbocycles. The topological polar surface area (TPSA) is 80.1 Å². The molecule has 2 unspecified atom stereocenters. The van der Waals surface area contributed by atoms with Crippen LogP contribution in [0, 0.1) is 10.1 Å². The minimum absolute atomic E-state index is 0.106. The van der Waals surface area contributed by atoms with Gasteiger partial charge in [-0.2, -0.15) is 0 Å². The van der Waals surface area contributed by atoms with Gasteiger partial charge < -0.3 is 20.7 Å². The zero-order chi connectivity index (χ0) is 12.5. The van der Waals surface area contributed by atoms with Crippen molar-refractivity contribution < 1.29 is 4.92 Å². The fraction of sp³-hybridized carbons (Fsp3) is 0.583. The van der Waals surface area contributed by atoms with E-state index < -0.39 is 4.92 Å². The van der Waals surface area contributed by atoms with Crippen LogP contribution in [0.25, 0.3) is 0 Å². The molecule has 2 aliphatic rings. The Morgan fingerprint density at radius 3 is 2.61 bits per heavy atom. The molecule has 96 valence electrons. The van der Waals surface area contributed by atoms with Gasteiger partial charge in [0.25, 0.3) is 0 Å². The second-order valence-electron chi connectivity index (χ2n) is 5.11. The molecule has 3 heterocycles. The van der Waals surface area contributed by atoms with E-state index in [1.54, 1.807) is 12.3 Å². The Balaban J connectivity index is 1.64. The van der Waals surface area contributed by atoms with Crippen LogP contribution >= 0.6 is 0 Å². The molecule has 18 heavy (non-hydrogen) atoms. The van der Waals surface area contributed by atoms with Crippen LogP contribution in [0.2, 0.25) is 0 Å². The van der Waals surface area contributed by atoms with E-state index in [9.17, 15) is 10.1 Å². The summed E-state index contributed by atoms with van der Waals surface area (Å²) in [7, 11) is 0. The van der Waals surface area contributed by atoms with Crippen LogP contribution in [0.1, 0.15) is 25.7 Å². The molecular formula is C12H16N4O2. The summed E-state index contributed by atoms with van der Waals surface area (Å²) in [6, 6.07) is 4.89. The first-order chi connectivity index (χ1) is 8.70. The van der Waals surface area contributed by atoms with Crippen LogP contribution in [0.3, 0.4) is 0 Å². The standard InChI is InChI=1S/C12H16N4O2/c17-16(18)12-4-3-10(7-13-12)15-11-5-8-1-2-9(6-11)14-8/h3-4,7-9,11,14-15H,1-2,5-6H2. The Kier molecular flexibility index (Phi) is 2.87. The van der Waals surface area contributed by atoms with Gasteiger partial charge in [-0.1, -0.05) is 0 Å². The first-order valence-electron chi connectivity index (χ1n) is 6.34. The van der Waals surface area contributed by atoms with Crippen LogP contribution in [0.5, 0.6) is 0 Å². The fourth-order valence-electron chi connectivity index (χ4n) is 2.99. The number of anilines is 1. The third-order valence-electron chi connectivity index (χ3n) is 3.78. The normalized spacial score (nSPS) is 30.1. The monoisotopic (exact) mass is 248 g/mol. The van der Waals surface area contributed by atoms with Crippen molar-refractivity contribution in [3.8, 4) is 0 Å². The Morgan fingerprint density at radius 2 is 2.06 bits per heavy atom. The zero-order valence-electron chi connectivity index (χ0n) is 10.0. The van der Waals surface area contributed by atoms with Gasteiger partial charge in [-0.3, -0.25) is 0 Å². The number of piperidine rings is 1. The molecule has 1 aromatic rings. The van der Waals surface area contributed by atoms with Crippen molar-refractivity contribution in [1.29, 1.82) is 0 Å². The molecule has 2 aliphatic heterocycles. The van der Waals surface area contributed by atoms with Gasteiger partial charge in [0.15, 0.2) is 6.20 Å². The second-order valence-corrected chi connectivity index (χ2v) is 5.11. The Morgan fingerprint density at radius 1 is 1.33 bits per heavy atom.